The summed E-state index contributed by atoms with van der Waals surface area (Å²) < 4.78 is 0. The average Bonchev–Trinajstić information content (AvgIpc) is 2.36. The minimum Gasteiger partial charge on any atom is -0.302 e. The summed E-state index contributed by atoms with van der Waals surface area (Å²) in [4.78, 5) is 13.8. The Morgan fingerprint density at radius 3 is 2.65 bits per heavy atom. The van der Waals surface area contributed by atoms with Gasteiger partial charge in [-0.2, -0.15) is 0 Å². The zero-order valence-electron chi connectivity index (χ0n) is 9.51. The summed E-state index contributed by atoms with van der Waals surface area (Å²) in [5.74, 6) is -0.108. The van der Waals surface area contributed by atoms with Crippen molar-refractivity contribution in [2.24, 2.45) is 0 Å². The topological polar surface area (TPSA) is 17.1 Å². The van der Waals surface area contributed by atoms with Crippen molar-refractivity contribution in [1.82, 2.24) is 0 Å². The second-order valence-corrected chi connectivity index (χ2v) is 5.32. The Bertz CT molecular complexity index is 589. The first-order valence-corrected chi connectivity index (χ1v) is 6.44. The molecule has 0 amide bonds. The zero-order valence-corrected chi connectivity index (χ0v) is 10.3. The molecule has 0 aliphatic carbocycles. The van der Waals surface area contributed by atoms with Crippen LogP contribution >= 0.6 is 11.8 Å². The van der Waals surface area contributed by atoms with Gasteiger partial charge in [0, 0.05) is 9.79 Å². The van der Waals surface area contributed by atoms with Gasteiger partial charge in [0.05, 0.1) is 5.92 Å². The Morgan fingerprint density at radius 2 is 1.82 bits per heavy atom. The van der Waals surface area contributed by atoms with Crippen LogP contribution in [0, 0.1) is 6.92 Å². The summed E-state index contributed by atoms with van der Waals surface area (Å²) in [7, 11) is 0. The van der Waals surface area contributed by atoms with Crippen LogP contribution in [0.4, 0.5) is 0 Å². The van der Waals surface area contributed by atoms with Crippen molar-refractivity contribution in [3.8, 4) is 0 Å². The Kier molecular flexibility index (Phi) is 2.52. The lowest BCUT2D eigenvalue weighted by Gasteiger charge is -2.25. The first-order valence-electron chi connectivity index (χ1n) is 5.63. The van der Waals surface area contributed by atoms with Gasteiger partial charge in [-0.25, -0.2) is 0 Å². The van der Waals surface area contributed by atoms with Crippen LogP contribution in [0.3, 0.4) is 0 Å². The number of hydrogen-bond acceptors (Lipinski definition) is 2. The number of carbonyl (C=O) groups is 1. The van der Waals surface area contributed by atoms with Crippen LogP contribution in [0.1, 0.15) is 22.6 Å². The first-order chi connectivity index (χ1) is 8.31. The molecule has 1 aliphatic heterocycles. The molecule has 0 fully saturated rings. The van der Waals surface area contributed by atoms with Crippen LogP contribution in [0.25, 0.3) is 0 Å². The molecule has 0 spiro atoms. The van der Waals surface area contributed by atoms with E-state index in [2.05, 4.69) is 37.3 Å². The summed E-state index contributed by atoms with van der Waals surface area (Å²) in [6, 6.07) is 14.4. The lowest BCUT2D eigenvalue weighted by atomic mass is 9.89. The summed E-state index contributed by atoms with van der Waals surface area (Å²) in [6.07, 6.45) is 1.06. The smallest absolute Gasteiger partial charge is 0.131 e. The van der Waals surface area contributed by atoms with Crippen LogP contribution in [-0.2, 0) is 4.79 Å². The third kappa shape index (κ3) is 1.60. The molecule has 0 bridgehead atoms. The monoisotopic (exact) mass is 240 g/mol. The molecule has 0 N–H and O–H groups in total. The van der Waals surface area contributed by atoms with Crippen molar-refractivity contribution < 1.29 is 4.79 Å². The maximum absolute atomic E-state index is 11.4. The number of aldehydes is 1. The van der Waals surface area contributed by atoms with Gasteiger partial charge in [0.2, 0.25) is 0 Å². The highest BCUT2D eigenvalue weighted by molar-refractivity contribution is 7.99. The van der Waals surface area contributed by atoms with E-state index in [1.54, 1.807) is 11.8 Å². The number of benzene rings is 2. The van der Waals surface area contributed by atoms with Crippen molar-refractivity contribution >= 4 is 18.0 Å². The predicted octanol–water partition coefficient (Wildman–Crippen LogP) is 3.79. The third-order valence-corrected chi connectivity index (χ3v) is 4.37. The van der Waals surface area contributed by atoms with E-state index in [0.29, 0.717) is 0 Å². The number of fused-ring (bicyclic) bond motifs is 2. The third-order valence-electron chi connectivity index (χ3n) is 3.21. The molecule has 17 heavy (non-hydrogen) atoms. The molecule has 2 aromatic carbocycles. The van der Waals surface area contributed by atoms with E-state index in [-0.39, 0.29) is 5.92 Å². The molecular weight excluding hydrogens is 228 g/mol. The van der Waals surface area contributed by atoms with Gasteiger partial charge in [-0.05, 0) is 35.7 Å². The van der Waals surface area contributed by atoms with Gasteiger partial charge in [-0.15, -0.1) is 0 Å². The quantitative estimate of drug-likeness (QED) is 0.705. The second kappa shape index (κ2) is 4.04. The largest absolute Gasteiger partial charge is 0.302 e. The van der Waals surface area contributed by atoms with E-state index in [1.807, 2.05) is 12.1 Å². The molecule has 1 atom stereocenters. The molecule has 84 valence electrons. The van der Waals surface area contributed by atoms with Crippen molar-refractivity contribution in [2.45, 2.75) is 22.6 Å². The van der Waals surface area contributed by atoms with Crippen LogP contribution in [0.5, 0.6) is 0 Å². The number of rotatable bonds is 1. The minimum absolute atomic E-state index is 0.108. The normalized spacial score (nSPS) is 17.1. The van der Waals surface area contributed by atoms with Crippen molar-refractivity contribution in [1.29, 1.82) is 0 Å². The lowest BCUT2D eigenvalue weighted by Crippen LogP contribution is -2.11. The van der Waals surface area contributed by atoms with Gasteiger partial charge in [0.25, 0.3) is 0 Å². The highest BCUT2D eigenvalue weighted by atomic mass is 32.2. The van der Waals surface area contributed by atoms with Crippen LogP contribution in [0.15, 0.2) is 52.3 Å². The Labute approximate surface area is 105 Å². The predicted molar refractivity (Wildman–Crippen MR) is 69.7 cm³/mol. The molecule has 3 rings (SSSR count). The molecular formula is C15H12OS. The standard InChI is InChI=1S/C15H12OS/c1-10-5-4-8-14-15(10)12(9-16)11-6-2-3-7-13(11)17-14/h2-9,12H,1H3. The number of hydrogen-bond donors (Lipinski definition) is 0. The molecule has 0 saturated carbocycles. The van der Waals surface area contributed by atoms with E-state index in [4.69, 9.17) is 0 Å². The summed E-state index contributed by atoms with van der Waals surface area (Å²) in [6.45, 7) is 2.07. The van der Waals surface area contributed by atoms with Crippen LogP contribution in [-0.4, -0.2) is 6.29 Å². The van der Waals surface area contributed by atoms with E-state index in [1.165, 1.54) is 20.9 Å². The van der Waals surface area contributed by atoms with Crippen molar-refractivity contribution in [3.05, 3.63) is 59.2 Å². The molecule has 2 aromatic rings. The van der Waals surface area contributed by atoms with E-state index in [0.717, 1.165) is 11.8 Å². The molecule has 1 heterocycles. The fraction of sp³-hybridized carbons (Fsp3) is 0.133. The van der Waals surface area contributed by atoms with Gasteiger partial charge in [0.15, 0.2) is 0 Å². The van der Waals surface area contributed by atoms with E-state index in [9.17, 15) is 4.79 Å². The summed E-state index contributed by atoms with van der Waals surface area (Å²) in [5.41, 5.74) is 3.50. The van der Waals surface area contributed by atoms with E-state index < -0.39 is 0 Å². The number of aryl methyl sites for hydroxylation is 1. The highest BCUT2D eigenvalue weighted by Crippen LogP contribution is 2.45. The maximum atomic E-state index is 11.4. The fourth-order valence-corrected chi connectivity index (χ4v) is 3.63. The molecule has 0 aromatic heterocycles. The molecule has 2 heteroatoms. The Hall–Kier alpha value is -1.54. The van der Waals surface area contributed by atoms with Gasteiger partial charge in [-0.3, -0.25) is 0 Å². The SMILES string of the molecule is Cc1cccc2c1C(C=O)c1ccccc1S2. The summed E-state index contributed by atoms with van der Waals surface area (Å²) >= 11 is 1.76. The van der Waals surface area contributed by atoms with E-state index >= 15 is 0 Å². The van der Waals surface area contributed by atoms with Gasteiger partial charge in [-0.1, -0.05) is 42.1 Å². The van der Waals surface area contributed by atoms with Crippen molar-refractivity contribution in [3.63, 3.8) is 0 Å². The van der Waals surface area contributed by atoms with Crippen LogP contribution in [0.2, 0.25) is 0 Å². The average molecular weight is 240 g/mol. The fourth-order valence-electron chi connectivity index (χ4n) is 2.39. The van der Waals surface area contributed by atoms with Crippen molar-refractivity contribution in [2.75, 3.05) is 0 Å². The second-order valence-electron chi connectivity index (χ2n) is 4.24. The molecule has 0 radical (unpaired) electrons. The molecule has 0 saturated heterocycles. The Morgan fingerprint density at radius 1 is 1.06 bits per heavy atom. The molecule has 1 nitrogen and oxygen atoms in total. The highest BCUT2D eigenvalue weighted by Gasteiger charge is 2.26. The van der Waals surface area contributed by atoms with Gasteiger partial charge < -0.3 is 4.79 Å². The summed E-state index contributed by atoms with van der Waals surface area (Å²) in [5, 5.41) is 0. The minimum atomic E-state index is -0.108. The first kappa shape index (κ1) is 10.6. The Balaban J connectivity index is 2.26. The van der Waals surface area contributed by atoms with Gasteiger partial charge in [0.1, 0.15) is 6.29 Å². The van der Waals surface area contributed by atoms with Gasteiger partial charge >= 0.3 is 0 Å². The number of carbonyl (C=O) groups excluding carboxylic acids is 1. The van der Waals surface area contributed by atoms with Crippen LogP contribution < -0.4 is 0 Å². The lowest BCUT2D eigenvalue weighted by molar-refractivity contribution is -0.108. The zero-order chi connectivity index (χ0) is 11.8. The molecule has 1 unspecified atom stereocenters. The maximum Gasteiger partial charge on any atom is 0.131 e. The molecule has 1 aliphatic rings.